The molecule has 0 atom stereocenters. The SMILES string of the molecule is CC1(C)C(/C=C/C=C2\Nc3ccccc3C2(C)C)=Nc2ccccc21. The molecule has 25 heavy (non-hydrogen) atoms. The van der Waals surface area contributed by atoms with Gasteiger partial charge in [0.05, 0.1) is 11.4 Å². The largest absolute Gasteiger partial charge is 0.358 e. The van der Waals surface area contributed by atoms with Crippen LogP contribution in [0, 0.1) is 0 Å². The topological polar surface area (TPSA) is 24.4 Å². The molecule has 126 valence electrons. The van der Waals surface area contributed by atoms with Crippen molar-refractivity contribution in [3.8, 4) is 0 Å². The summed E-state index contributed by atoms with van der Waals surface area (Å²) in [7, 11) is 0. The molecule has 1 N–H and O–H groups in total. The Morgan fingerprint density at radius 1 is 0.840 bits per heavy atom. The molecule has 4 rings (SSSR count). The Morgan fingerprint density at radius 2 is 1.52 bits per heavy atom. The van der Waals surface area contributed by atoms with E-state index in [0.717, 1.165) is 11.4 Å². The number of anilines is 1. The smallest absolute Gasteiger partial charge is 0.0674 e. The maximum atomic E-state index is 4.82. The van der Waals surface area contributed by atoms with E-state index < -0.39 is 0 Å². The Hall–Kier alpha value is -2.61. The quantitative estimate of drug-likeness (QED) is 0.730. The molecule has 0 saturated heterocycles. The van der Waals surface area contributed by atoms with E-state index in [2.05, 4.69) is 99.8 Å². The Kier molecular flexibility index (Phi) is 3.47. The number of nitrogens with one attached hydrogen (secondary N) is 1. The molecular weight excluding hydrogens is 304 g/mol. The molecule has 2 aliphatic heterocycles. The summed E-state index contributed by atoms with van der Waals surface area (Å²) in [5.41, 5.74) is 7.22. The highest BCUT2D eigenvalue weighted by atomic mass is 14.9. The molecule has 2 aromatic rings. The first-order chi connectivity index (χ1) is 11.9. The molecule has 0 bridgehead atoms. The van der Waals surface area contributed by atoms with Crippen molar-refractivity contribution in [1.82, 2.24) is 0 Å². The van der Waals surface area contributed by atoms with Crippen molar-refractivity contribution in [3.63, 3.8) is 0 Å². The average molecular weight is 328 g/mol. The first-order valence-electron chi connectivity index (χ1n) is 8.85. The van der Waals surface area contributed by atoms with Gasteiger partial charge in [0.25, 0.3) is 0 Å². The van der Waals surface area contributed by atoms with Crippen LogP contribution in [0.15, 0.2) is 77.4 Å². The van der Waals surface area contributed by atoms with E-state index >= 15 is 0 Å². The summed E-state index contributed by atoms with van der Waals surface area (Å²) >= 11 is 0. The second-order valence-electron chi connectivity index (χ2n) is 7.87. The van der Waals surface area contributed by atoms with E-state index in [9.17, 15) is 0 Å². The van der Waals surface area contributed by atoms with Gasteiger partial charge in [0, 0.05) is 22.2 Å². The molecule has 2 aromatic carbocycles. The number of hydrogen-bond acceptors (Lipinski definition) is 2. The lowest BCUT2D eigenvalue weighted by Gasteiger charge is -2.21. The van der Waals surface area contributed by atoms with Crippen LogP contribution in [-0.2, 0) is 10.8 Å². The third kappa shape index (κ3) is 2.44. The minimum absolute atomic E-state index is 0.00308. The van der Waals surface area contributed by atoms with Crippen LogP contribution < -0.4 is 5.32 Å². The van der Waals surface area contributed by atoms with E-state index in [0.29, 0.717) is 0 Å². The van der Waals surface area contributed by atoms with Gasteiger partial charge in [-0.15, -0.1) is 0 Å². The highest BCUT2D eigenvalue weighted by Gasteiger charge is 2.34. The van der Waals surface area contributed by atoms with Gasteiger partial charge in [0.1, 0.15) is 0 Å². The van der Waals surface area contributed by atoms with E-state index in [-0.39, 0.29) is 10.8 Å². The minimum atomic E-state index is -0.0484. The lowest BCUT2D eigenvalue weighted by atomic mass is 9.81. The lowest BCUT2D eigenvalue weighted by molar-refractivity contribution is 0.654. The van der Waals surface area contributed by atoms with Crippen molar-refractivity contribution in [1.29, 1.82) is 0 Å². The molecule has 0 spiro atoms. The highest BCUT2D eigenvalue weighted by Crippen LogP contribution is 2.43. The molecule has 0 fully saturated rings. The zero-order valence-corrected chi connectivity index (χ0v) is 15.3. The molecule has 0 aromatic heterocycles. The van der Waals surface area contributed by atoms with Crippen LogP contribution in [0.4, 0.5) is 11.4 Å². The second kappa shape index (κ2) is 5.45. The summed E-state index contributed by atoms with van der Waals surface area (Å²) in [6, 6.07) is 16.9. The van der Waals surface area contributed by atoms with Gasteiger partial charge >= 0.3 is 0 Å². The van der Waals surface area contributed by atoms with Gasteiger partial charge in [-0.3, -0.25) is 4.99 Å². The Balaban J connectivity index is 1.62. The number of aliphatic imine (C=N–C) groups is 1. The second-order valence-corrected chi connectivity index (χ2v) is 7.87. The molecule has 2 heteroatoms. The van der Waals surface area contributed by atoms with Crippen molar-refractivity contribution >= 4 is 17.1 Å². The number of rotatable bonds is 2. The number of fused-ring (bicyclic) bond motifs is 2. The van der Waals surface area contributed by atoms with Gasteiger partial charge < -0.3 is 5.32 Å². The van der Waals surface area contributed by atoms with E-state index in [4.69, 9.17) is 4.99 Å². The van der Waals surface area contributed by atoms with Crippen LogP contribution in [0.1, 0.15) is 38.8 Å². The fraction of sp³-hybridized carbons (Fsp3) is 0.261. The highest BCUT2D eigenvalue weighted by molar-refractivity contribution is 6.08. The number of nitrogens with zero attached hydrogens (tertiary/aromatic N) is 1. The Bertz CT molecular complexity index is 927. The van der Waals surface area contributed by atoms with Crippen LogP contribution in [-0.4, -0.2) is 5.71 Å². The number of allylic oxidation sites excluding steroid dienone is 4. The van der Waals surface area contributed by atoms with Crippen molar-refractivity contribution in [2.24, 2.45) is 4.99 Å². The van der Waals surface area contributed by atoms with Gasteiger partial charge in [0.15, 0.2) is 0 Å². The molecular formula is C23H24N2. The third-order valence-corrected chi connectivity index (χ3v) is 5.52. The zero-order valence-electron chi connectivity index (χ0n) is 15.3. The predicted molar refractivity (Wildman–Crippen MR) is 107 cm³/mol. The monoisotopic (exact) mass is 328 g/mol. The molecule has 2 nitrogen and oxygen atoms in total. The van der Waals surface area contributed by atoms with Crippen molar-refractivity contribution < 1.29 is 0 Å². The van der Waals surface area contributed by atoms with Crippen LogP contribution in [0.25, 0.3) is 0 Å². The van der Waals surface area contributed by atoms with Gasteiger partial charge in [-0.05, 0) is 35.4 Å². The maximum Gasteiger partial charge on any atom is 0.0674 e. The lowest BCUT2D eigenvalue weighted by Crippen LogP contribution is -2.23. The van der Waals surface area contributed by atoms with Gasteiger partial charge in [0.2, 0.25) is 0 Å². The first kappa shape index (κ1) is 15.9. The Labute approximate surface area is 150 Å². The summed E-state index contributed by atoms with van der Waals surface area (Å²) < 4.78 is 0. The first-order valence-corrected chi connectivity index (χ1v) is 8.85. The van der Waals surface area contributed by atoms with Gasteiger partial charge in [-0.25, -0.2) is 0 Å². The fourth-order valence-electron chi connectivity index (χ4n) is 3.82. The van der Waals surface area contributed by atoms with Crippen LogP contribution >= 0.6 is 0 Å². The summed E-state index contributed by atoms with van der Waals surface area (Å²) in [5.74, 6) is 0. The Morgan fingerprint density at radius 3 is 2.24 bits per heavy atom. The molecule has 0 amide bonds. The summed E-state index contributed by atoms with van der Waals surface area (Å²) in [5, 5.41) is 3.56. The van der Waals surface area contributed by atoms with Crippen molar-refractivity contribution in [2.45, 2.75) is 38.5 Å². The van der Waals surface area contributed by atoms with Crippen molar-refractivity contribution in [2.75, 3.05) is 5.32 Å². The van der Waals surface area contributed by atoms with E-state index in [1.807, 2.05) is 0 Å². The number of benzene rings is 2. The number of para-hydroxylation sites is 2. The normalized spacial score (nSPS) is 21.1. The molecule has 2 aliphatic rings. The minimum Gasteiger partial charge on any atom is -0.358 e. The maximum absolute atomic E-state index is 4.82. The van der Waals surface area contributed by atoms with Crippen LogP contribution in [0.5, 0.6) is 0 Å². The molecule has 0 saturated carbocycles. The fourth-order valence-corrected chi connectivity index (χ4v) is 3.82. The van der Waals surface area contributed by atoms with E-state index in [1.54, 1.807) is 0 Å². The third-order valence-electron chi connectivity index (χ3n) is 5.52. The molecule has 0 aliphatic carbocycles. The van der Waals surface area contributed by atoms with Gasteiger partial charge in [-0.1, -0.05) is 70.2 Å². The summed E-state index contributed by atoms with van der Waals surface area (Å²) in [6.07, 6.45) is 6.46. The summed E-state index contributed by atoms with van der Waals surface area (Å²) in [4.78, 5) is 4.82. The van der Waals surface area contributed by atoms with Gasteiger partial charge in [-0.2, -0.15) is 0 Å². The summed E-state index contributed by atoms with van der Waals surface area (Å²) in [6.45, 7) is 9.00. The molecule has 0 unspecified atom stereocenters. The average Bonchev–Trinajstić information content (AvgIpc) is 3.00. The number of hydrogen-bond donors (Lipinski definition) is 1. The zero-order chi connectivity index (χ0) is 17.7. The van der Waals surface area contributed by atoms with Crippen molar-refractivity contribution in [3.05, 3.63) is 83.6 Å². The molecule has 2 heterocycles. The van der Waals surface area contributed by atoms with Crippen LogP contribution in [0.2, 0.25) is 0 Å². The van der Waals surface area contributed by atoms with E-state index in [1.165, 1.54) is 22.5 Å². The molecule has 0 radical (unpaired) electrons. The van der Waals surface area contributed by atoms with Crippen LogP contribution in [0.3, 0.4) is 0 Å². The predicted octanol–water partition coefficient (Wildman–Crippen LogP) is 5.89. The standard InChI is InChI=1S/C23H24N2/c1-22(2)16-10-5-7-12-18(16)24-20(22)14-9-15-21-23(3,4)17-11-6-8-13-19(17)25-21/h5-15,24H,1-4H3/b15-9+,20-14-.